The van der Waals surface area contributed by atoms with Gasteiger partial charge in [0.25, 0.3) is 0 Å². The van der Waals surface area contributed by atoms with Gasteiger partial charge >= 0.3 is 0 Å². The van der Waals surface area contributed by atoms with Crippen LogP contribution in [0.2, 0.25) is 0 Å². The minimum atomic E-state index is 0.180. The van der Waals surface area contributed by atoms with Crippen LogP contribution in [0.25, 0.3) is 39.6 Å². The Morgan fingerprint density at radius 1 is 0.765 bits per heavy atom. The average Bonchev–Trinajstić information content (AvgIpc) is 3.40. The zero-order valence-corrected chi connectivity index (χ0v) is 18.4. The molecule has 5 aromatic rings. The Bertz CT molecular complexity index is 1430. The predicted octanol–water partition coefficient (Wildman–Crippen LogP) is 5.58. The number of fused-ring (bicyclic) bond motifs is 1. The zero-order valence-electron chi connectivity index (χ0n) is 18.4. The first-order valence-electron chi connectivity index (χ1n) is 11.3. The normalized spacial score (nSPS) is 13.0. The standard InChI is InChI=1S/C28H21N5O/c34-28-10-4-9-23-22(28)11-12-24(31-23)27-17-33(18-30-27)21-14-25(19-6-2-1-3-7-19)32-26(15-21)20-8-5-13-29-16-20/h1-3,5-8,11-18H,4,9-10H2. The van der Waals surface area contributed by atoms with E-state index in [9.17, 15) is 4.79 Å². The summed E-state index contributed by atoms with van der Waals surface area (Å²) in [7, 11) is 0. The number of aryl methyl sites for hydroxylation is 1. The van der Waals surface area contributed by atoms with Crippen molar-refractivity contribution in [1.29, 1.82) is 0 Å². The molecule has 0 spiro atoms. The Hall–Kier alpha value is -4.45. The molecule has 0 N–H and O–H groups in total. The molecular formula is C28H21N5O. The molecule has 1 aliphatic rings. The number of nitrogens with zero attached hydrogens (tertiary/aromatic N) is 5. The molecule has 0 bridgehead atoms. The van der Waals surface area contributed by atoms with Gasteiger partial charge in [0.05, 0.1) is 34.8 Å². The maximum atomic E-state index is 12.2. The molecular weight excluding hydrogens is 422 g/mol. The third kappa shape index (κ3) is 3.79. The first kappa shape index (κ1) is 20.2. The summed E-state index contributed by atoms with van der Waals surface area (Å²) in [6.45, 7) is 0. The third-order valence-corrected chi connectivity index (χ3v) is 6.07. The summed E-state index contributed by atoms with van der Waals surface area (Å²) in [5.41, 5.74) is 7.80. The van der Waals surface area contributed by atoms with Gasteiger partial charge in [0.15, 0.2) is 5.78 Å². The van der Waals surface area contributed by atoms with Gasteiger partial charge in [0, 0.05) is 41.7 Å². The number of aromatic nitrogens is 5. The molecule has 0 saturated carbocycles. The summed E-state index contributed by atoms with van der Waals surface area (Å²) in [6.07, 6.45) is 9.62. The number of hydrogen-bond donors (Lipinski definition) is 0. The van der Waals surface area contributed by atoms with Gasteiger partial charge in [-0.05, 0) is 49.2 Å². The molecule has 164 valence electrons. The Morgan fingerprint density at radius 2 is 1.59 bits per heavy atom. The molecule has 0 fully saturated rings. The Morgan fingerprint density at radius 3 is 2.41 bits per heavy atom. The number of pyridine rings is 3. The maximum absolute atomic E-state index is 12.2. The minimum Gasteiger partial charge on any atom is -0.305 e. The quantitative estimate of drug-likeness (QED) is 0.363. The third-order valence-electron chi connectivity index (χ3n) is 6.07. The molecule has 4 heterocycles. The van der Waals surface area contributed by atoms with Crippen LogP contribution in [0.5, 0.6) is 0 Å². The van der Waals surface area contributed by atoms with Gasteiger partial charge in [-0.1, -0.05) is 30.3 Å². The molecule has 34 heavy (non-hydrogen) atoms. The highest BCUT2D eigenvalue weighted by molar-refractivity contribution is 5.98. The lowest BCUT2D eigenvalue weighted by atomic mass is 9.94. The van der Waals surface area contributed by atoms with E-state index in [1.54, 1.807) is 12.5 Å². The van der Waals surface area contributed by atoms with E-state index >= 15 is 0 Å². The van der Waals surface area contributed by atoms with Crippen LogP contribution in [0.3, 0.4) is 0 Å². The van der Waals surface area contributed by atoms with Crippen LogP contribution in [0.1, 0.15) is 28.9 Å². The van der Waals surface area contributed by atoms with E-state index in [0.29, 0.717) is 6.42 Å². The van der Waals surface area contributed by atoms with E-state index < -0.39 is 0 Å². The van der Waals surface area contributed by atoms with Crippen molar-refractivity contribution in [3.05, 3.63) is 103 Å². The number of benzene rings is 1. The molecule has 4 aromatic heterocycles. The van der Waals surface area contributed by atoms with Crippen LogP contribution in [-0.4, -0.2) is 30.3 Å². The highest BCUT2D eigenvalue weighted by Crippen LogP contribution is 2.28. The lowest BCUT2D eigenvalue weighted by molar-refractivity contribution is 0.0971. The lowest BCUT2D eigenvalue weighted by Gasteiger charge is -2.13. The van der Waals surface area contributed by atoms with E-state index in [0.717, 1.165) is 63.7 Å². The number of carbonyl (C=O) groups is 1. The summed E-state index contributed by atoms with van der Waals surface area (Å²) < 4.78 is 1.98. The second kappa shape index (κ2) is 8.48. The highest BCUT2D eigenvalue weighted by atomic mass is 16.1. The van der Waals surface area contributed by atoms with Crippen LogP contribution in [0.4, 0.5) is 0 Å². The van der Waals surface area contributed by atoms with Gasteiger partial charge in [-0.25, -0.2) is 9.97 Å². The van der Waals surface area contributed by atoms with Gasteiger partial charge in [-0.3, -0.25) is 14.8 Å². The topological polar surface area (TPSA) is 73.6 Å². The monoisotopic (exact) mass is 443 g/mol. The molecule has 0 radical (unpaired) electrons. The van der Waals surface area contributed by atoms with Crippen LogP contribution in [0.15, 0.2) is 91.6 Å². The van der Waals surface area contributed by atoms with E-state index in [1.165, 1.54) is 0 Å². The molecule has 1 aromatic carbocycles. The predicted molar refractivity (Wildman–Crippen MR) is 131 cm³/mol. The number of Topliss-reactive ketones (excluding diaryl/α,β-unsaturated/α-hetero) is 1. The molecule has 0 unspecified atom stereocenters. The van der Waals surface area contributed by atoms with Crippen molar-refractivity contribution < 1.29 is 4.79 Å². The summed E-state index contributed by atoms with van der Waals surface area (Å²) in [5, 5.41) is 0. The molecule has 0 saturated heterocycles. The number of ketones is 1. The van der Waals surface area contributed by atoms with Crippen molar-refractivity contribution in [3.63, 3.8) is 0 Å². The minimum absolute atomic E-state index is 0.180. The summed E-state index contributed by atoms with van der Waals surface area (Å²) >= 11 is 0. The second-order valence-electron chi connectivity index (χ2n) is 8.34. The van der Waals surface area contributed by atoms with Crippen molar-refractivity contribution in [2.75, 3.05) is 0 Å². The second-order valence-corrected chi connectivity index (χ2v) is 8.34. The Balaban J connectivity index is 1.42. The SMILES string of the molecule is O=C1CCCc2nc(-c3cn(-c4cc(-c5ccccc5)nc(-c5cccnc5)c4)cn3)ccc21. The molecule has 0 atom stereocenters. The van der Waals surface area contributed by atoms with Gasteiger partial charge in [-0.2, -0.15) is 0 Å². The first-order chi connectivity index (χ1) is 16.7. The number of rotatable bonds is 4. The first-order valence-corrected chi connectivity index (χ1v) is 11.3. The van der Waals surface area contributed by atoms with E-state index in [-0.39, 0.29) is 5.78 Å². The lowest BCUT2D eigenvalue weighted by Crippen LogP contribution is -2.12. The van der Waals surface area contributed by atoms with Crippen molar-refractivity contribution in [2.24, 2.45) is 0 Å². The number of carbonyl (C=O) groups excluding carboxylic acids is 1. The van der Waals surface area contributed by atoms with Crippen LogP contribution in [-0.2, 0) is 6.42 Å². The molecule has 6 heteroatoms. The van der Waals surface area contributed by atoms with Crippen LogP contribution in [0, 0.1) is 0 Å². The van der Waals surface area contributed by atoms with Crippen molar-refractivity contribution in [2.45, 2.75) is 19.3 Å². The van der Waals surface area contributed by atoms with Gasteiger partial charge < -0.3 is 4.57 Å². The van der Waals surface area contributed by atoms with E-state index in [2.05, 4.69) is 28.2 Å². The molecule has 6 rings (SSSR count). The fraction of sp³-hybridized carbons (Fsp3) is 0.107. The van der Waals surface area contributed by atoms with Crippen molar-refractivity contribution >= 4 is 5.78 Å². The Kier molecular flexibility index (Phi) is 5.03. The van der Waals surface area contributed by atoms with Gasteiger partial charge in [-0.15, -0.1) is 0 Å². The Labute approximate surface area is 197 Å². The summed E-state index contributed by atoms with van der Waals surface area (Å²) in [6, 6.07) is 21.9. The van der Waals surface area contributed by atoms with E-state index in [4.69, 9.17) is 9.97 Å². The fourth-order valence-electron chi connectivity index (χ4n) is 4.32. The van der Waals surface area contributed by atoms with Crippen LogP contribution < -0.4 is 0 Å². The highest BCUT2D eigenvalue weighted by Gasteiger charge is 2.19. The van der Waals surface area contributed by atoms with Crippen molar-refractivity contribution in [1.82, 2.24) is 24.5 Å². The van der Waals surface area contributed by atoms with Gasteiger partial charge in [0.2, 0.25) is 0 Å². The number of hydrogen-bond acceptors (Lipinski definition) is 5. The smallest absolute Gasteiger partial charge is 0.164 e. The summed E-state index contributed by atoms with van der Waals surface area (Å²) in [5.74, 6) is 0.180. The maximum Gasteiger partial charge on any atom is 0.164 e. The molecule has 1 aliphatic carbocycles. The van der Waals surface area contributed by atoms with Crippen LogP contribution >= 0.6 is 0 Å². The summed E-state index contributed by atoms with van der Waals surface area (Å²) in [4.78, 5) is 30.7. The average molecular weight is 444 g/mol. The largest absolute Gasteiger partial charge is 0.305 e. The molecule has 0 aliphatic heterocycles. The van der Waals surface area contributed by atoms with Gasteiger partial charge in [0.1, 0.15) is 5.69 Å². The van der Waals surface area contributed by atoms with Crippen molar-refractivity contribution in [3.8, 4) is 39.6 Å². The molecule has 0 amide bonds. The fourth-order valence-corrected chi connectivity index (χ4v) is 4.32. The van der Waals surface area contributed by atoms with E-state index in [1.807, 2.05) is 65.5 Å². The molecule has 6 nitrogen and oxygen atoms in total. The zero-order chi connectivity index (χ0) is 22.9. The number of imidazole rings is 1.